The molecule has 1 saturated carbocycles. The van der Waals surface area contributed by atoms with E-state index in [9.17, 15) is 4.79 Å². The Morgan fingerprint density at radius 2 is 2.26 bits per heavy atom. The number of hydrogen-bond donors (Lipinski definition) is 1. The van der Waals surface area contributed by atoms with Crippen molar-refractivity contribution in [2.45, 2.75) is 37.9 Å². The Morgan fingerprint density at radius 1 is 1.39 bits per heavy atom. The molecule has 4 rings (SSSR count). The molecule has 5 nitrogen and oxygen atoms in total. The number of amides is 2. The summed E-state index contributed by atoms with van der Waals surface area (Å²) in [6.45, 7) is 3.19. The molecule has 0 spiro atoms. The van der Waals surface area contributed by atoms with E-state index in [0.717, 1.165) is 11.3 Å². The average Bonchev–Trinajstić information content (AvgIpc) is 3.05. The van der Waals surface area contributed by atoms with E-state index in [1.165, 1.54) is 24.2 Å². The Bertz CT molecular complexity index is 681. The van der Waals surface area contributed by atoms with Crippen molar-refractivity contribution in [2.75, 3.05) is 18.4 Å². The van der Waals surface area contributed by atoms with Gasteiger partial charge < -0.3 is 9.64 Å². The number of nitrogens with one attached hydrogen (secondary N) is 1. The van der Waals surface area contributed by atoms with Crippen molar-refractivity contribution in [1.29, 1.82) is 0 Å². The minimum absolute atomic E-state index is 0.0257. The molecule has 1 aliphatic carbocycles. The highest BCUT2D eigenvalue weighted by molar-refractivity contribution is 7.13. The molecule has 2 aliphatic rings. The predicted molar refractivity (Wildman–Crippen MR) is 92.3 cm³/mol. The zero-order valence-corrected chi connectivity index (χ0v) is 14.5. The number of nitrogens with zero attached hydrogens (tertiary/aromatic N) is 2. The largest absolute Gasteiger partial charge is 0.367 e. The number of carbonyl (C=O) groups excluding carboxylic acids is 1. The van der Waals surface area contributed by atoms with E-state index in [1.807, 2.05) is 17.2 Å². The fourth-order valence-corrected chi connectivity index (χ4v) is 4.32. The van der Waals surface area contributed by atoms with Crippen LogP contribution in [0.3, 0.4) is 0 Å². The molecule has 1 N–H and O–H groups in total. The minimum Gasteiger partial charge on any atom is -0.367 e. The van der Waals surface area contributed by atoms with Crippen molar-refractivity contribution in [3.05, 3.63) is 33.5 Å². The SMILES string of the molecule is C[C@@H]1CN(C(=O)Nc2nc(C3CC3)cs2)C[C@H](c2ccsc2)O1. The Hall–Kier alpha value is -1.44. The van der Waals surface area contributed by atoms with Gasteiger partial charge >= 0.3 is 6.03 Å². The summed E-state index contributed by atoms with van der Waals surface area (Å²) in [6.07, 6.45) is 2.42. The van der Waals surface area contributed by atoms with Gasteiger partial charge in [-0.2, -0.15) is 11.3 Å². The van der Waals surface area contributed by atoms with Crippen LogP contribution in [0.1, 0.15) is 43.0 Å². The molecule has 122 valence electrons. The lowest BCUT2D eigenvalue weighted by Crippen LogP contribution is -2.47. The third kappa shape index (κ3) is 3.41. The summed E-state index contributed by atoms with van der Waals surface area (Å²) in [7, 11) is 0. The van der Waals surface area contributed by atoms with Crippen molar-refractivity contribution in [2.24, 2.45) is 0 Å². The Morgan fingerprint density at radius 3 is 3.00 bits per heavy atom. The maximum Gasteiger partial charge on any atom is 0.323 e. The lowest BCUT2D eigenvalue weighted by molar-refractivity contribution is -0.0640. The first-order valence-electron chi connectivity index (χ1n) is 7.88. The highest BCUT2D eigenvalue weighted by atomic mass is 32.1. The molecule has 0 radical (unpaired) electrons. The van der Waals surface area contributed by atoms with Crippen LogP contribution in [0.15, 0.2) is 22.2 Å². The van der Waals surface area contributed by atoms with E-state index >= 15 is 0 Å². The Balaban J connectivity index is 1.42. The van der Waals surface area contributed by atoms with E-state index in [-0.39, 0.29) is 18.2 Å². The molecule has 2 fully saturated rings. The normalized spacial score (nSPS) is 24.7. The Kier molecular flexibility index (Phi) is 4.09. The van der Waals surface area contributed by atoms with E-state index in [0.29, 0.717) is 24.1 Å². The van der Waals surface area contributed by atoms with Gasteiger partial charge in [0, 0.05) is 17.8 Å². The molecular weight excluding hydrogens is 330 g/mol. The molecule has 2 amide bonds. The summed E-state index contributed by atoms with van der Waals surface area (Å²) in [6, 6.07) is 1.98. The molecule has 2 aromatic heterocycles. The summed E-state index contributed by atoms with van der Waals surface area (Å²) >= 11 is 3.16. The lowest BCUT2D eigenvalue weighted by atomic mass is 10.1. The van der Waals surface area contributed by atoms with Gasteiger partial charge in [0.25, 0.3) is 0 Å². The monoisotopic (exact) mass is 349 g/mol. The first-order valence-corrected chi connectivity index (χ1v) is 9.70. The van der Waals surface area contributed by atoms with E-state index in [2.05, 4.69) is 27.1 Å². The maximum atomic E-state index is 12.6. The molecule has 1 aliphatic heterocycles. The topological polar surface area (TPSA) is 54.5 Å². The van der Waals surface area contributed by atoms with Crippen molar-refractivity contribution in [3.63, 3.8) is 0 Å². The van der Waals surface area contributed by atoms with E-state index in [4.69, 9.17) is 4.74 Å². The number of ether oxygens (including phenoxy) is 1. The number of hydrogen-bond acceptors (Lipinski definition) is 5. The molecule has 7 heteroatoms. The average molecular weight is 349 g/mol. The number of rotatable bonds is 3. The standard InChI is InChI=1S/C16H19N3O2S2/c1-10-6-19(7-14(21-10)12-4-5-22-8-12)16(20)18-15-17-13(9-23-15)11-2-3-11/h4-5,8-11,14H,2-3,6-7H2,1H3,(H,17,18,20)/t10-,14-/m1/s1. The van der Waals surface area contributed by atoms with Crippen LogP contribution in [0.25, 0.3) is 0 Å². The summed E-state index contributed by atoms with van der Waals surface area (Å²) in [5, 5.41) is 9.82. The second-order valence-corrected chi connectivity index (χ2v) is 7.82. The van der Waals surface area contributed by atoms with Crippen LogP contribution in [-0.2, 0) is 4.74 Å². The van der Waals surface area contributed by atoms with Gasteiger partial charge in [-0.3, -0.25) is 5.32 Å². The van der Waals surface area contributed by atoms with Crippen LogP contribution in [0.2, 0.25) is 0 Å². The van der Waals surface area contributed by atoms with Gasteiger partial charge in [0.05, 0.1) is 18.3 Å². The number of thiophene rings is 1. The minimum atomic E-state index is -0.0860. The van der Waals surface area contributed by atoms with E-state index in [1.54, 1.807) is 11.3 Å². The second-order valence-electron chi connectivity index (χ2n) is 6.18. The van der Waals surface area contributed by atoms with Gasteiger partial charge in [0.2, 0.25) is 0 Å². The fraction of sp³-hybridized carbons (Fsp3) is 0.500. The third-order valence-corrected chi connectivity index (χ3v) is 5.67. The van der Waals surface area contributed by atoms with Gasteiger partial charge in [-0.1, -0.05) is 0 Å². The number of anilines is 1. The van der Waals surface area contributed by atoms with Gasteiger partial charge in [-0.15, -0.1) is 11.3 Å². The van der Waals surface area contributed by atoms with E-state index < -0.39 is 0 Å². The van der Waals surface area contributed by atoms with Crippen LogP contribution in [0.5, 0.6) is 0 Å². The van der Waals surface area contributed by atoms with Gasteiger partial charge in [-0.05, 0) is 42.2 Å². The number of carbonyl (C=O) groups is 1. The van der Waals surface area contributed by atoms with Gasteiger partial charge in [0.1, 0.15) is 6.10 Å². The molecule has 2 aromatic rings. The number of morpholine rings is 1. The summed E-state index contributed by atoms with van der Waals surface area (Å²) in [5.74, 6) is 0.614. The van der Waals surface area contributed by atoms with Crippen LogP contribution in [0.4, 0.5) is 9.93 Å². The summed E-state index contributed by atoms with van der Waals surface area (Å²) in [5.41, 5.74) is 2.27. The Labute approximate surface area is 143 Å². The van der Waals surface area contributed by atoms with Crippen LogP contribution >= 0.6 is 22.7 Å². The highest BCUT2D eigenvalue weighted by Crippen LogP contribution is 2.41. The smallest absolute Gasteiger partial charge is 0.323 e. The highest BCUT2D eigenvalue weighted by Gasteiger charge is 2.30. The van der Waals surface area contributed by atoms with Crippen LogP contribution in [-0.4, -0.2) is 35.1 Å². The van der Waals surface area contributed by atoms with Crippen LogP contribution in [0, 0.1) is 0 Å². The van der Waals surface area contributed by atoms with Crippen molar-refractivity contribution >= 4 is 33.8 Å². The molecule has 3 heterocycles. The van der Waals surface area contributed by atoms with Gasteiger partial charge in [0.15, 0.2) is 5.13 Å². The molecule has 23 heavy (non-hydrogen) atoms. The second kappa shape index (κ2) is 6.22. The van der Waals surface area contributed by atoms with Crippen LogP contribution < -0.4 is 5.32 Å². The zero-order chi connectivity index (χ0) is 15.8. The molecule has 1 saturated heterocycles. The number of aromatic nitrogens is 1. The summed E-state index contributed by atoms with van der Waals surface area (Å²) in [4.78, 5) is 18.9. The lowest BCUT2D eigenvalue weighted by Gasteiger charge is -2.36. The number of thiazole rings is 1. The molecule has 0 aromatic carbocycles. The molecular formula is C16H19N3O2S2. The summed E-state index contributed by atoms with van der Waals surface area (Å²) < 4.78 is 5.98. The maximum absolute atomic E-state index is 12.6. The quantitative estimate of drug-likeness (QED) is 0.908. The fourth-order valence-electron chi connectivity index (χ4n) is 2.84. The molecule has 0 unspecified atom stereocenters. The predicted octanol–water partition coefficient (Wildman–Crippen LogP) is 4.08. The first-order chi connectivity index (χ1) is 11.2. The third-order valence-electron chi connectivity index (χ3n) is 4.19. The van der Waals surface area contributed by atoms with Crippen molar-refractivity contribution < 1.29 is 9.53 Å². The van der Waals surface area contributed by atoms with Crippen molar-refractivity contribution in [3.8, 4) is 0 Å². The molecule has 0 bridgehead atoms. The number of urea groups is 1. The first kappa shape index (κ1) is 15.1. The van der Waals surface area contributed by atoms with Crippen molar-refractivity contribution in [1.82, 2.24) is 9.88 Å². The molecule has 2 atom stereocenters. The zero-order valence-electron chi connectivity index (χ0n) is 12.9. The van der Waals surface area contributed by atoms with Gasteiger partial charge in [-0.25, -0.2) is 9.78 Å².